The monoisotopic (exact) mass is 598 g/mol. The Kier molecular flexibility index (Phi) is 7.02. The first kappa shape index (κ1) is 29.1. The van der Waals surface area contributed by atoms with Crippen molar-refractivity contribution < 1.29 is 27.5 Å². The lowest BCUT2D eigenvalue weighted by molar-refractivity contribution is -0.274. The maximum atomic E-state index is 14.8. The number of anilines is 1. The van der Waals surface area contributed by atoms with Crippen molar-refractivity contribution in [2.24, 2.45) is 0 Å². The average molecular weight is 599 g/mol. The van der Waals surface area contributed by atoms with E-state index in [-0.39, 0.29) is 5.69 Å². The number of aryl methyl sites for hydroxylation is 2. The van der Waals surface area contributed by atoms with E-state index in [4.69, 9.17) is 0 Å². The maximum Gasteiger partial charge on any atom is 0.573 e. The van der Waals surface area contributed by atoms with Crippen LogP contribution in [0.5, 0.6) is 5.75 Å². The lowest BCUT2D eigenvalue weighted by Gasteiger charge is -2.39. The number of rotatable bonds is 6. The topological polar surface area (TPSA) is 84.4 Å². The van der Waals surface area contributed by atoms with Gasteiger partial charge in [-0.15, -0.1) is 13.2 Å². The standard InChI is InChI=1S/C34H29F3N4O3/c1-19-17-27(25-9-5-7-11-29(25)38-19)21(3)33(22(4)28-18-20(2)39-30-12-8-6-10-26(28)30)31(42)41(32(43)40-33)23-13-15-24(16-14-23)44-34(35,36)37/h5-18,21-22H,1-4H3,(H,40,43). The minimum atomic E-state index is -4.88. The van der Waals surface area contributed by atoms with Crippen LogP contribution in [-0.4, -0.2) is 33.8 Å². The molecule has 2 aromatic heterocycles. The third-order valence-corrected chi connectivity index (χ3v) is 8.45. The van der Waals surface area contributed by atoms with Crippen molar-refractivity contribution in [1.82, 2.24) is 15.3 Å². The minimum Gasteiger partial charge on any atom is -0.406 e. The number of nitrogens with one attached hydrogen (secondary N) is 1. The smallest absolute Gasteiger partial charge is 0.406 e. The predicted octanol–water partition coefficient (Wildman–Crippen LogP) is 7.70. The van der Waals surface area contributed by atoms with Crippen LogP contribution in [-0.2, 0) is 4.79 Å². The number of aromatic nitrogens is 2. The molecular weight excluding hydrogens is 569 g/mol. The van der Waals surface area contributed by atoms with Gasteiger partial charge in [-0.25, -0.2) is 9.69 Å². The third-order valence-electron chi connectivity index (χ3n) is 8.45. The summed E-state index contributed by atoms with van der Waals surface area (Å²) in [6.07, 6.45) is -4.88. The van der Waals surface area contributed by atoms with E-state index in [9.17, 15) is 22.8 Å². The molecule has 2 unspecified atom stereocenters. The molecule has 0 radical (unpaired) electrons. The summed E-state index contributed by atoms with van der Waals surface area (Å²) in [4.78, 5) is 39.0. The summed E-state index contributed by atoms with van der Waals surface area (Å²) in [5.74, 6) is -2.11. The van der Waals surface area contributed by atoms with Crippen molar-refractivity contribution in [2.75, 3.05) is 4.90 Å². The summed E-state index contributed by atoms with van der Waals surface area (Å²) >= 11 is 0. The van der Waals surface area contributed by atoms with E-state index in [0.717, 1.165) is 61.4 Å². The Bertz CT molecular complexity index is 1830. The second-order valence-electron chi connectivity index (χ2n) is 11.2. The SMILES string of the molecule is Cc1cc(C(C)C2(C(C)c3cc(C)nc4ccccc34)NC(=O)N(c3ccc(OC(F)(F)F)cc3)C2=O)c2ccccc2n1. The van der Waals surface area contributed by atoms with E-state index in [0.29, 0.717) is 0 Å². The molecular formula is C34H29F3N4O3. The molecule has 7 nitrogen and oxygen atoms in total. The number of imide groups is 1. The lowest BCUT2D eigenvalue weighted by atomic mass is 9.68. The molecule has 0 saturated carbocycles. The van der Waals surface area contributed by atoms with Gasteiger partial charge in [-0.1, -0.05) is 50.2 Å². The molecule has 3 aromatic carbocycles. The summed E-state index contributed by atoms with van der Waals surface area (Å²) in [6.45, 7) is 7.58. The maximum absolute atomic E-state index is 14.8. The van der Waals surface area contributed by atoms with Crippen LogP contribution >= 0.6 is 0 Å². The molecule has 10 heteroatoms. The van der Waals surface area contributed by atoms with E-state index in [2.05, 4.69) is 20.0 Å². The van der Waals surface area contributed by atoms with Crippen molar-refractivity contribution in [1.29, 1.82) is 0 Å². The number of halogens is 3. The van der Waals surface area contributed by atoms with Crippen LogP contribution < -0.4 is 15.0 Å². The highest BCUT2D eigenvalue weighted by Crippen LogP contribution is 2.47. The Morgan fingerprint density at radius 2 is 1.25 bits per heavy atom. The quantitative estimate of drug-likeness (QED) is 0.203. The van der Waals surface area contributed by atoms with E-state index in [1.807, 2.05) is 88.4 Å². The van der Waals surface area contributed by atoms with Crippen LogP contribution in [0.4, 0.5) is 23.7 Å². The molecule has 0 spiro atoms. The fourth-order valence-electron chi connectivity index (χ4n) is 6.44. The highest BCUT2D eigenvalue weighted by Gasteiger charge is 2.59. The molecule has 1 saturated heterocycles. The number of nitrogens with zero attached hydrogens (tertiary/aromatic N) is 3. The average Bonchev–Trinajstić information content (AvgIpc) is 3.25. The van der Waals surface area contributed by atoms with Gasteiger partial charge in [0.25, 0.3) is 5.91 Å². The van der Waals surface area contributed by atoms with Crippen molar-refractivity contribution in [3.63, 3.8) is 0 Å². The van der Waals surface area contributed by atoms with Gasteiger partial charge in [0.2, 0.25) is 0 Å². The zero-order valence-electron chi connectivity index (χ0n) is 24.4. The number of carbonyl (C=O) groups excluding carboxylic acids is 2. The Morgan fingerprint density at radius 1 is 0.773 bits per heavy atom. The Balaban J connectivity index is 1.54. The first-order valence-electron chi connectivity index (χ1n) is 14.1. The van der Waals surface area contributed by atoms with E-state index in [1.165, 1.54) is 12.1 Å². The van der Waals surface area contributed by atoms with Crippen molar-refractivity contribution >= 4 is 39.4 Å². The highest BCUT2D eigenvalue weighted by molar-refractivity contribution is 6.24. The van der Waals surface area contributed by atoms with Crippen molar-refractivity contribution in [3.8, 4) is 5.75 Å². The highest BCUT2D eigenvalue weighted by atomic mass is 19.4. The van der Waals surface area contributed by atoms with Gasteiger partial charge in [-0.2, -0.15) is 0 Å². The Morgan fingerprint density at radius 3 is 1.73 bits per heavy atom. The summed E-state index contributed by atoms with van der Waals surface area (Å²) < 4.78 is 42.4. The summed E-state index contributed by atoms with van der Waals surface area (Å²) in [7, 11) is 0. The molecule has 1 fully saturated rings. The first-order valence-corrected chi connectivity index (χ1v) is 14.1. The fraction of sp³-hybridized carbons (Fsp3) is 0.235. The van der Waals surface area contributed by atoms with Crippen LogP contribution in [0.2, 0.25) is 0 Å². The number of para-hydroxylation sites is 2. The molecule has 1 aliphatic heterocycles. The fourth-order valence-corrected chi connectivity index (χ4v) is 6.44. The molecule has 3 heterocycles. The summed E-state index contributed by atoms with van der Waals surface area (Å²) in [5.41, 5.74) is 3.33. The molecule has 0 aliphatic carbocycles. The normalized spacial score (nSPS) is 18.5. The van der Waals surface area contributed by atoms with E-state index < -0.39 is 41.4 Å². The number of ether oxygens (including phenoxy) is 1. The van der Waals surface area contributed by atoms with Crippen LogP contribution in [0, 0.1) is 13.8 Å². The van der Waals surface area contributed by atoms with Gasteiger partial charge in [0.15, 0.2) is 0 Å². The van der Waals surface area contributed by atoms with Gasteiger partial charge >= 0.3 is 12.4 Å². The third kappa shape index (κ3) is 4.90. The van der Waals surface area contributed by atoms with Gasteiger partial charge in [0.05, 0.1) is 16.7 Å². The molecule has 224 valence electrons. The molecule has 2 atom stereocenters. The predicted molar refractivity (Wildman–Crippen MR) is 162 cm³/mol. The number of benzene rings is 3. The lowest BCUT2D eigenvalue weighted by Crippen LogP contribution is -2.55. The van der Waals surface area contributed by atoms with Crippen LogP contribution in [0.1, 0.15) is 48.2 Å². The Hall–Kier alpha value is -4.99. The number of alkyl halides is 3. The van der Waals surface area contributed by atoms with Crippen molar-refractivity contribution in [2.45, 2.75) is 51.4 Å². The minimum absolute atomic E-state index is 0.120. The molecule has 44 heavy (non-hydrogen) atoms. The first-order chi connectivity index (χ1) is 20.9. The molecule has 1 N–H and O–H groups in total. The molecule has 3 amide bonds. The van der Waals surface area contributed by atoms with Gasteiger partial charge in [0, 0.05) is 34.0 Å². The molecule has 6 rings (SSSR count). The zero-order valence-corrected chi connectivity index (χ0v) is 24.4. The van der Waals surface area contributed by atoms with Gasteiger partial charge < -0.3 is 10.1 Å². The molecule has 0 bridgehead atoms. The van der Waals surface area contributed by atoms with Gasteiger partial charge in [0.1, 0.15) is 11.3 Å². The number of fused-ring (bicyclic) bond motifs is 2. The number of carbonyl (C=O) groups is 2. The summed E-state index contributed by atoms with van der Waals surface area (Å²) in [5, 5.41) is 4.77. The number of pyridine rings is 2. The van der Waals surface area contributed by atoms with Crippen LogP contribution in [0.15, 0.2) is 84.9 Å². The molecule has 5 aromatic rings. The van der Waals surface area contributed by atoms with Crippen LogP contribution in [0.3, 0.4) is 0 Å². The number of hydrogen-bond donors (Lipinski definition) is 1. The number of amides is 3. The van der Waals surface area contributed by atoms with Gasteiger partial charge in [-0.3, -0.25) is 14.8 Å². The van der Waals surface area contributed by atoms with Gasteiger partial charge in [-0.05, 0) is 73.5 Å². The second kappa shape index (κ2) is 10.6. The second-order valence-corrected chi connectivity index (χ2v) is 11.2. The van der Waals surface area contributed by atoms with Crippen LogP contribution in [0.25, 0.3) is 21.8 Å². The van der Waals surface area contributed by atoms with E-state index in [1.54, 1.807) is 0 Å². The van der Waals surface area contributed by atoms with E-state index >= 15 is 0 Å². The Labute approximate surface area is 251 Å². The molecule has 1 aliphatic rings. The zero-order chi connectivity index (χ0) is 31.4. The van der Waals surface area contributed by atoms with Crippen molar-refractivity contribution in [3.05, 3.63) is 107 Å². The number of urea groups is 1. The summed E-state index contributed by atoms with van der Waals surface area (Å²) in [6, 6.07) is 23.2. The number of hydrogen-bond acceptors (Lipinski definition) is 5. The largest absolute Gasteiger partial charge is 0.573 e.